The summed E-state index contributed by atoms with van der Waals surface area (Å²) in [5.41, 5.74) is 2.45. The van der Waals surface area contributed by atoms with Crippen LogP contribution in [0.4, 0.5) is 11.4 Å². The van der Waals surface area contributed by atoms with Crippen molar-refractivity contribution in [2.75, 3.05) is 50.2 Å². The van der Waals surface area contributed by atoms with Crippen molar-refractivity contribution in [2.24, 2.45) is 0 Å². The highest BCUT2D eigenvalue weighted by Gasteiger charge is 2.20. The van der Waals surface area contributed by atoms with Gasteiger partial charge in [-0.2, -0.15) is 0 Å². The molecule has 1 N–H and O–H groups in total. The summed E-state index contributed by atoms with van der Waals surface area (Å²) in [5, 5.41) is 3.06. The van der Waals surface area contributed by atoms with Gasteiger partial charge in [0.25, 0.3) is 0 Å². The third-order valence-electron chi connectivity index (χ3n) is 3.29. The Balaban J connectivity index is 2.26. The maximum atomic E-state index is 12.2. The van der Waals surface area contributed by atoms with Crippen molar-refractivity contribution in [3.05, 3.63) is 23.8 Å². The number of anilines is 2. The number of nitrogens with zero attached hydrogens (tertiary/aromatic N) is 1. The Kier molecular flexibility index (Phi) is 5.24. The van der Waals surface area contributed by atoms with Gasteiger partial charge in [-0.05, 0) is 24.6 Å². The minimum absolute atomic E-state index is 0.259. The van der Waals surface area contributed by atoms with Crippen molar-refractivity contribution in [1.82, 2.24) is 0 Å². The van der Waals surface area contributed by atoms with Crippen LogP contribution in [0.2, 0.25) is 0 Å². The molecule has 1 fully saturated rings. The highest BCUT2D eigenvalue weighted by Crippen LogP contribution is 2.26. The zero-order chi connectivity index (χ0) is 14.4. The molecule has 1 aliphatic rings. The standard InChI is InChI=1S/C15H22N2O3/c1-3-8-20-15(18)13-11-12(16-2)4-5-14(13)17-6-9-19-10-7-17/h4-5,11,16H,3,6-10H2,1-2H3. The molecule has 1 heterocycles. The zero-order valence-corrected chi connectivity index (χ0v) is 12.1. The predicted octanol–water partition coefficient (Wildman–Crippen LogP) is 2.13. The Morgan fingerprint density at radius 3 is 2.80 bits per heavy atom. The van der Waals surface area contributed by atoms with Gasteiger partial charge in [-0.15, -0.1) is 0 Å². The van der Waals surface area contributed by atoms with Crippen LogP contribution in [0.5, 0.6) is 0 Å². The molecule has 0 bridgehead atoms. The second-order valence-electron chi connectivity index (χ2n) is 4.72. The molecule has 0 atom stereocenters. The number of hydrogen-bond acceptors (Lipinski definition) is 5. The van der Waals surface area contributed by atoms with Crippen LogP contribution >= 0.6 is 0 Å². The number of carbonyl (C=O) groups excluding carboxylic acids is 1. The lowest BCUT2D eigenvalue weighted by Gasteiger charge is -2.30. The lowest BCUT2D eigenvalue weighted by Crippen LogP contribution is -2.37. The first kappa shape index (κ1) is 14.7. The molecule has 0 saturated carbocycles. The SMILES string of the molecule is CCCOC(=O)c1cc(NC)ccc1N1CCOCC1. The maximum Gasteiger partial charge on any atom is 0.340 e. The van der Waals surface area contributed by atoms with Gasteiger partial charge in [0.1, 0.15) is 0 Å². The molecule has 5 nitrogen and oxygen atoms in total. The van der Waals surface area contributed by atoms with Crippen molar-refractivity contribution in [1.29, 1.82) is 0 Å². The van der Waals surface area contributed by atoms with Crippen molar-refractivity contribution in [3.8, 4) is 0 Å². The molecule has 0 radical (unpaired) electrons. The van der Waals surface area contributed by atoms with Crippen LogP contribution in [0, 0.1) is 0 Å². The average Bonchev–Trinajstić information content (AvgIpc) is 2.52. The van der Waals surface area contributed by atoms with Crippen LogP contribution in [0.3, 0.4) is 0 Å². The largest absolute Gasteiger partial charge is 0.462 e. The molecule has 110 valence electrons. The van der Waals surface area contributed by atoms with Crippen LogP contribution in [0.15, 0.2) is 18.2 Å². The minimum Gasteiger partial charge on any atom is -0.462 e. The number of nitrogens with one attached hydrogen (secondary N) is 1. The third-order valence-corrected chi connectivity index (χ3v) is 3.29. The number of rotatable bonds is 5. The van der Waals surface area contributed by atoms with Crippen LogP contribution < -0.4 is 10.2 Å². The van der Waals surface area contributed by atoms with Crippen LogP contribution in [-0.4, -0.2) is 45.9 Å². The second-order valence-corrected chi connectivity index (χ2v) is 4.72. The third kappa shape index (κ3) is 3.42. The number of carbonyl (C=O) groups is 1. The summed E-state index contributed by atoms with van der Waals surface area (Å²) in [7, 11) is 1.84. The first-order valence-corrected chi connectivity index (χ1v) is 7.08. The molecule has 0 aliphatic carbocycles. The van der Waals surface area contributed by atoms with Gasteiger partial charge in [-0.3, -0.25) is 0 Å². The van der Waals surface area contributed by atoms with Crippen LogP contribution in [0.1, 0.15) is 23.7 Å². The van der Waals surface area contributed by atoms with E-state index in [0.29, 0.717) is 25.4 Å². The predicted molar refractivity (Wildman–Crippen MR) is 79.6 cm³/mol. The highest BCUT2D eigenvalue weighted by atomic mass is 16.5. The van der Waals surface area contributed by atoms with Crippen molar-refractivity contribution in [3.63, 3.8) is 0 Å². The maximum absolute atomic E-state index is 12.2. The molecule has 1 aromatic carbocycles. The van der Waals surface area contributed by atoms with Gasteiger partial charge in [-0.1, -0.05) is 6.92 Å². The summed E-state index contributed by atoms with van der Waals surface area (Å²) in [6, 6.07) is 5.80. The van der Waals surface area contributed by atoms with Crippen molar-refractivity contribution < 1.29 is 14.3 Å². The lowest BCUT2D eigenvalue weighted by atomic mass is 10.1. The second kappa shape index (κ2) is 7.14. The minimum atomic E-state index is -0.259. The van der Waals surface area contributed by atoms with Gasteiger partial charge in [0.05, 0.1) is 31.1 Å². The Labute approximate surface area is 119 Å². The van der Waals surface area contributed by atoms with Gasteiger partial charge in [0.2, 0.25) is 0 Å². The Hall–Kier alpha value is -1.75. The molecule has 1 saturated heterocycles. The monoisotopic (exact) mass is 278 g/mol. The summed E-state index contributed by atoms with van der Waals surface area (Å²) in [5.74, 6) is -0.259. The zero-order valence-electron chi connectivity index (χ0n) is 12.1. The topological polar surface area (TPSA) is 50.8 Å². The van der Waals surface area contributed by atoms with Crippen LogP contribution in [0.25, 0.3) is 0 Å². The van der Waals surface area contributed by atoms with E-state index in [1.807, 2.05) is 32.2 Å². The van der Waals surface area contributed by atoms with E-state index in [0.717, 1.165) is 30.9 Å². The van der Waals surface area contributed by atoms with E-state index in [1.54, 1.807) is 0 Å². The number of esters is 1. The number of hydrogen-bond donors (Lipinski definition) is 1. The van der Waals surface area contributed by atoms with Gasteiger partial charge in [0, 0.05) is 25.8 Å². The number of ether oxygens (including phenoxy) is 2. The van der Waals surface area contributed by atoms with Crippen molar-refractivity contribution in [2.45, 2.75) is 13.3 Å². The quantitative estimate of drug-likeness (QED) is 0.836. The van der Waals surface area contributed by atoms with Gasteiger partial charge in [0.15, 0.2) is 0 Å². The first-order chi connectivity index (χ1) is 9.76. The first-order valence-electron chi connectivity index (χ1n) is 7.08. The fourth-order valence-electron chi connectivity index (χ4n) is 2.21. The van der Waals surface area contributed by atoms with E-state index in [-0.39, 0.29) is 5.97 Å². The van der Waals surface area contributed by atoms with Gasteiger partial charge >= 0.3 is 5.97 Å². The Morgan fingerprint density at radius 2 is 2.15 bits per heavy atom. The molecule has 5 heteroatoms. The smallest absolute Gasteiger partial charge is 0.340 e. The number of benzene rings is 1. The summed E-state index contributed by atoms with van der Waals surface area (Å²) >= 11 is 0. The Bertz CT molecular complexity index is 456. The molecule has 0 unspecified atom stereocenters. The van der Waals surface area contributed by atoms with Crippen molar-refractivity contribution >= 4 is 17.3 Å². The average molecular weight is 278 g/mol. The summed E-state index contributed by atoms with van der Waals surface area (Å²) in [4.78, 5) is 14.4. The molecule has 0 spiro atoms. The van der Waals surface area contributed by atoms with E-state index in [2.05, 4.69) is 10.2 Å². The number of morpholine rings is 1. The molecule has 2 rings (SSSR count). The lowest BCUT2D eigenvalue weighted by molar-refractivity contribution is 0.0505. The molecule has 1 aromatic rings. The fraction of sp³-hybridized carbons (Fsp3) is 0.533. The summed E-state index contributed by atoms with van der Waals surface area (Å²) < 4.78 is 10.6. The van der Waals surface area contributed by atoms with E-state index < -0.39 is 0 Å². The molecule has 0 aromatic heterocycles. The Morgan fingerprint density at radius 1 is 1.40 bits per heavy atom. The van der Waals surface area contributed by atoms with E-state index in [4.69, 9.17) is 9.47 Å². The van der Waals surface area contributed by atoms with Crippen LogP contribution in [-0.2, 0) is 9.47 Å². The summed E-state index contributed by atoms with van der Waals surface area (Å²) in [6.07, 6.45) is 0.824. The molecular formula is C15H22N2O3. The van der Waals surface area contributed by atoms with Gasteiger partial charge in [-0.25, -0.2) is 4.79 Å². The normalized spacial score (nSPS) is 15.0. The van der Waals surface area contributed by atoms with E-state index >= 15 is 0 Å². The molecule has 20 heavy (non-hydrogen) atoms. The van der Waals surface area contributed by atoms with Gasteiger partial charge < -0.3 is 19.7 Å². The molecular weight excluding hydrogens is 256 g/mol. The highest BCUT2D eigenvalue weighted by molar-refractivity contribution is 5.97. The molecule has 0 amide bonds. The van der Waals surface area contributed by atoms with E-state index in [1.165, 1.54) is 0 Å². The summed E-state index contributed by atoms with van der Waals surface area (Å²) in [6.45, 7) is 5.42. The molecule has 1 aliphatic heterocycles. The fourth-order valence-corrected chi connectivity index (χ4v) is 2.21. The van der Waals surface area contributed by atoms with E-state index in [9.17, 15) is 4.79 Å².